The molecule has 0 heterocycles. The molecule has 0 amide bonds. The van der Waals surface area contributed by atoms with Gasteiger partial charge in [-0.1, -0.05) is 34.6 Å². The van der Waals surface area contributed by atoms with Gasteiger partial charge in [-0.25, -0.2) is 4.79 Å². The lowest BCUT2D eigenvalue weighted by Gasteiger charge is -2.35. The quantitative estimate of drug-likeness (QED) is 0.563. The highest BCUT2D eigenvalue weighted by Crippen LogP contribution is 2.36. The van der Waals surface area contributed by atoms with Gasteiger partial charge in [-0.15, -0.1) is 0 Å². The predicted molar refractivity (Wildman–Crippen MR) is 67.8 cm³/mol. The second-order valence-corrected chi connectivity index (χ2v) is 10.9. The summed E-state index contributed by atoms with van der Waals surface area (Å²) in [6.07, 6.45) is 0.271. The van der Waals surface area contributed by atoms with E-state index in [-0.39, 0.29) is 17.4 Å². The Bertz CT molecular complexity index is 274. The highest BCUT2D eigenvalue weighted by Gasteiger charge is 2.41. The average Bonchev–Trinajstić information content (AvgIpc) is 1.99. The molecule has 0 aromatic carbocycles. The fourth-order valence-electron chi connectivity index (χ4n) is 0.896. The van der Waals surface area contributed by atoms with E-state index in [0.29, 0.717) is 0 Å². The molecule has 0 radical (unpaired) electrons. The van der Waals surface area contributed by atoms with Crippen molar-refractivity contribution in [1.82, 2.24) is 0 Å². The van der Waals surface area contributed by atoms with Crippen molar-refractivity contribution in [1.29, 1.82) is 0 Å². The van der Waals surface area contributed by atoms with Gasteiger partial charge in [-0.3, -0.25) is 4.79 Å². The monoisotopic (exact) mass is 244 g/mol. The van der Waals surface area contributed by atoms with Crippen molar-refractivity contribution >= 4 is 20.1 Å². The SMILES string of the molecule is CC(C)CC(=O)C(=O)O[Si](C)(C)C(C)(C)C. The van der Waals surface area contributed by atoms with Gasteiger partial charge in [0.1, 0.15) is 0 Å². The summed E-state index contributed by atoms with van der Waals surface area (Å²) >= 11 is 0. The summed E-state index contributed by atoms with van der Waals surface area (Å²) in [5.41, 5.74) is 0. The molecule has 0 spiro atoms. The van der Waals surface area contributed by atoms with Crippen LogP contribution in [0.25, 0.3) is 0 Å². The lowest BCUT2D eigenvalue weighted by Crippen LogP contribution is -2.44. The molecule has 0 rings (SSSR count). The van der Waals surface area contributed by atoms with E-state index in [4.69, 9.17) is 4.43 Å². The predicted octanol–water partition coefficient (Wildman–Crippen LogP) is 3.15. The van der Waals surface area contributed by atoms with E-state index in [1.165, 1.54) is 0 Å². The second-order valence-electron chi connectivity index (χ2n) is 6.17. The van der Waals surface area contributed by atoms with Crippen LogP contribution in [0.3, 0.4) is 0 Å². The lowest BCUT2D eigenvalue weighted by atomic mass is 10.1. The maximum absolute atomic E-state index is 11.6. The Hall–Kier alpha value is -0.643. The van der Waals surface area contributed by atoms with E-state index in [1.807, 2.05) is 47.7 Å². The van der Waals surface area contributed by atoms with Crippen LogP contribution in [-0.4, -0.2) is 20.1 Å². The molecule has 0 saturated heterocycles. The summed E-state index contributed by atoms with van der Waals surface area (Å²) in [5, 5.41) is -0.0548. The summed E-state index contributed by atoms with van der Waals surface area (Å²) in [4.78, 5) is 23.1. The van der Waals surface area contributed by atoms with Gasteiger partial charge in [0.25, 0.3) is 8.32 Å². The van der Waals surface area contributed by atoms with Crippen molar-refractivity contribution in [2.75, 3.05) is 0 Å². The average molecular weight is 244 g/mol. The molecule has 0 aromatic rings. The van der Waals surface area contributed by atoms with Crippen molar-refractivity contribution in [3.8, 4) is 0 Å². The van der Waals surface area contributed by atoms with E-state index in [2.05, 4.69) is 0 Å². The van der Waals surface area contributed by atoms with Gasteiger partial charge in [0.05, 0.1) is 0 Å². The van der Waals surface area contributed by atoms with Gasteiger partial charge in [0.15, 0.2) is 0 Å². The number of carbonyl (C=O) groups is 2. The molecule has 4 heteroatoms. The van der Waals surface area contributed by atoms with Crippen molar-refractivity contribution in [3.05, 3.63) is 0 Å². The normalized spacial score (nSPS) is 12.8. The molecule has 0 fully saturated rings. The van der Waals surface area contributed by atoms with Crippen LogP contribution >= 0.6 is 0 Å². The number of hydrogen-bond acceptors (Lipinski definition) is 3. The number of rotatable bonds is 4. The van der Waals surface area contributed by atoms with Gasteiger partial charge in [0, 0.05) is 6.42 Å². The Labute approximate surface area is 99.7 Å². The smallest absolute Gasteiger partial charge is 0.361 e. The minimum atomic E-state index is -2.15. The third-order valence-corrected chi connectivity index (χ3v) is 7.28. The van der Waals surface area contributed by atoms with Crippen molar-refractivity contribution in [2.24, 2.45) is 5.92 Å². The van der Waals surface area contributed by atoms with Crippen LogP contribution in [-0.2, 0) is 14.0 Å². The van der Waals surface area contributed by atoms with Crippen LogP contribution in [0, 0.1) is 5.92 Å². The molecular formula is C12H24O3Si. The van der Waals surface area contributed by atoms with E-state index in [1.54, 1.807) is 0 Å². The van der Waals surface area contributed by atoms with E-state index >= 15 is 0 Å². The second kappa shape index (κ2) is 5.12. The van der Waals surface area contributed by atoms with Crippen molar-refractivity contribution in [3.63, 3.8) is 0 Å². The van der Waals surface area contributed by atoms with Gasteiger partial charge < -0.3 is 4.43 Å². The zero-order valence-electron chi connectivity index (χ0n) is 11.5. The fourth-order valence-corrected chi connectivity index (χ4v) is 1.78. The Morgan fingerprint density at radius 3 is 1.94 bits per heavy atom. The molecule has 0 unspecified atom stereocenters. The number of ketones is 1. The first-order valence-electron chi connectivity index (χ1n) is 5.73. The molecular weight excluding hydrogens is 220 g/mol. The van der Waals surface area contributed by atoms with Crippen molar-refractivity contribution in [2.45, 2.75) is 59.2 Å². The molecule has 0 bridgehead atoms. The minimum absolute atomic E-state index is 0.0548. The van der Waals surface area contributed by atoms with Gasteiger partial charge in [-0.2, -0.15) is 0 Å². The largest absolute Gasteiger partial charge is 0.514 e. The molecule has 94 valence electrons. The molecule has 0 aromatic heterocycles. The van der Waals surface area contributed by atoms with Gasteiger partial charge in [-0.05, 0) is 24.1 Å². The molecule has 0 aliphatic rings. The summed E-state index contributed by atoms with van der Waals surface area (Å²) in [5.74, 6) is -0.861. The molecule has 0 aliphatic heterocycles. The fraction of sp³-hybridized carbons (Fsp3) is 0.833. The van der Waals surface area contributed by atoms with Crippen LogP contribution in [0.1, 0.15) is 41.0 Å². The van der Waals surface area contributed by atoms with Crippen LogP contribution in [0.4, 0.5) is 0 Å². The Morgan fingerprint density at radius 1 is 1.19 bits per heavy atom. The van der Waals surface area contributed by atoms with Gasteiger partial charge in [0.2, 0.25) is 5.78 Å². The summed E-state index contributed by atoms with van der Waals surface area (Å²) in [6, 6.07) is 0. The Morgan fingerprint density at radius 2 is 1.62 bits per heavy atom. The molecule has 0 atom stereocenters. The first-order valence-corrected chi connectivity index (χ1v) is 8.64. The standard InChI is InChI=1S/C12H24O3Si/c1-9(2)8-10(13)11(14)15-16(6,7)12(3,4)5/h9H,8H2,1-7H3. The Kier molecular flexibility index (Phi) is 4.92. The highest BCUT2D eigenvalue weighted by atomic mass is 28.4. The number of Topliss-reactive ketones (excluding diaryl/α,β-unsaturated/α-hetero) is 1. The molecule has 0 aliphatic carbocycles. The lowest BCUT2D eigenvalue weighted by molar-refractivity contribution is -0.148. The zero-order valence-corrected chi connectivity index (χ0v) is 12.5. The third-order valence-electron chi connectivity index (χ3n) is 2.98. The van der Waals surface area contributed by atoms with Crippen LogP contribution in [0.5, 0.6) is 0 Å². The molecule has 3 nitrogen and oxygen atoms in total. The minimum Gasteiger partial charge on any atom is -0.514 e. The maximum Gasteiger partial charge on any atom is 0.361 e. The van der Waals surface area contributed by atoms with Gasteiger partial charge >= 0.3 is 5.97 Å². The number of carbonyl (C=O) groups excluding carboxylic acids is 2. The summed E-state index contributed by atoms with van der Waals surface area (Å²) < 4.78 is 5.42. The Balaban J connectivity index is 4.52. The molecule has 16 heavy (non-hydrogen) atoms. The highest BCUT2D eigenvalue weighted by molar-refractivity contribution is 6.76. The van der Waals surface area contributed by atoms with E-state index in [9.17, 15) is 9.59 Å². The summed E-state index contributed by atoms with van der Waals surface area (Å²) in [7, 11) is -2.15. The summed E-state index contributed by atoms with van der Waals surface area (Å²) in [6.45, 7) is 13.9. The topological polar surface area (TPSA) is 43.4 Å². The van der Waals surface area contributed by atoms with Crippen molar-refractivity contribution < 1.29 is 14.0 Å². The maximum atomic E-state index is 11.6. The van der Waals surface area contributed by atoms with Crippen LogP contribution in [0.2, 0.25) is 18.1 Å². The van der Waals surface area contributed by atoms with E-state index < -0.39 is 20.1 Å². The first kappa shape index (κ1) is 15.4. The first-order chi connectivity index (χ1) is 6.97. The van der Waals surface area contributed by atoms with Crippen LogP contribution < -0.4 is 0 Å². The third kappa shape index (κ3) is 4.47. The van der Waals surface area contributed by atoms with Crippen LogP contribution in [0.15, 0.2) is 0 Å². The number of hydrogen-bond donors (Lipinski definition) is 0. The molecule has 0 saturated carbocycles. The zero-order chi connectivity index (χ0) is 13.1. The molecule has 0 N–H and O–H groups in total. The van der Waals surface area contributed by atoms with E-state index in [0.717, 1.165) is 0 Å².